The Hall–Kier alpha value is -2.54. The number of hydrogen-bond donors (Lipinski definition) is 2. The summed E-state index contributed by atoms with van der Waals surface area (Å²) in [5, 5.41) is 6.99. The molecule has 0 bridgehead atoms. The quantitative estimate of drug-likeness (QED) is 0.846. The van der Waals surface area contributed by atoms with Gasteiger partial charge in [-0.05, 0) is 44.5 Å². The number of amides is 1. The summed E-state index contributed by atoms with van der Waals surface area (Å²) in [7, 11) is 0. The molecule has 0 atom stereocenters. The Bertz CT molecular complexity index is 736. The average molecular weight is 315 g/mol. The van der Waals surface area contributed by atoms with E-state index in [2.05, 4.69) is 15.4 Å². The van der Waals surface area contributed by atoms with Gasteiger partial charge in [0.05, 0.1) is 17.9 Å². The molecule has 0 saturated carbocycles. The molecule has 2 rings (SSSR count). The zero-order valence-corrected chi connectivity index (χ0v) is 13.6. The van der Waals surface area contributed by atoms with Crippen molar-refractivity contribution in [1.82, 2.24) is 20.1 Å². The molecule has 0 aliphatic heterocycles. The summed E-state index contributed by atoms with van der Waals surface area (Å²) in [4.78, 5) is 27.8. The van der Waals surface area contributed by atoms with Gasteiger partial charge in [0.2, 0.25) is 5.91 Å². The molecular formula is C16H21N5O2. The van der Waals surface area contributed by atoms with E-state index in [1.54, 1.807) is 18.3 Å². The van der Waals surface area contributed by atoms with Gasteiger partial charge < -0.3 is 11.1 Å². The lowest BCUT2D eigenvalue weighted by atomic mass is 10.1. The maximum atomic E-state index is 12.7. The van der Waals surface area contributed by atoms with E-state index in [0.717, 1.165) is 17.0 Å². The summed E-state index contributed by atoms with van der Waals surface area (Å²) in [6.45, 7) is 5.96. The minimum atomic E-state index is -0.222. The summed E-state index contributed by atoms with van der Waals surface area (Å²) in [5.41, 5.74) is 9.33. The summed E-state index contributed by atoms with van der Waals surface area (Å²) in [6.07, 6.45) is 2.24. The van der Waals surface area contributed by atoms with Gasteiger partial charge in [-0.1, -0.05) is 0 Å². The van der Waals surface area contributed by atoms with E-state index >= 15 is 0 Å². The molecule has 122 valence electrons. The Labute approximate surface area is 134 Å². The van der Waals surface area contributed by atoms with Crippen molar-refractivity contribution in [3.63, 3.8) is 0 Å². The minimum absolute atomic E-state index is 0.145. The SMILES string of the molecule is CC(=O)NCc1cc(C(=O)n2nc(C)c(CCN)c2C)ccn1. The molecule has 2 aromatic heterocycles. The molecule has 2 heterocycles. The van der Waals surface area contributed by atoms with Gasteiger partial charge in [-0.25, -0.2) is 4.68 Å². The molecule has 2 aromatic rings. The minimum Gasteiger partial charge on any atom is -0.351 e. The number of pyridine rings is 1. The van der Waals surface area contributed by atoms with Crippen LogP contribution in [0.5, 0.6) is 0 Å². The average Bonchev–Trinajstić information content (AvgIpc) is 2.81. The second kappa shape index (κ2) is 7.15. The fraction of sp³-hybridized carbons (Fsp3) is 0.375. The molecule has 1 amide bonds. The number of aryl methyl sites for hydroxylation is 1. The van der Waals surface area contributed by atoms with Crippen LogP contribution in [0.1, 0.15) is 39.9 Å². The van der Waals surface area contributed by atoms with Crippen LogP contribution in [0.2, 0.25) is 0 Å². The zero-order valence-electron chi connectivity index (χ0n) is 13.6. The lowest BCUT2D eigenvalue weighted by molar-refractivity contribution is -0.119. The summed E-state index contributed by atoms with van der Waals surface area (Å²) in [5.74, 6) is -0.367. The number of nitrogens with one attached hydrogen (secondary N) is 1. The molecule has 0 radical (unpaired) electrons. The third kappa shape index (κ3) is 3.81. The molecule has 3 N–H and O–H groups in total. The fourth-order valence-electron chi connectivity index (χ4n) is 2.42. The number of aromatic nitrogens is 3. The van der Waals surface area contributed by atoms with Gasteiger partial charge in [0.15, 0.2) is 0 Å². The highest BCUT2D eigenvalue weighted by atomic mass is 16.2. The molecule has 0 saturated heterocycles. The zero-order chi connectivity index (χ0) is 17.0. The molecule has 0 unspecified atom stereocenters. The van der Waals surface area contributed by atoms with Gasteiger partial charge in [-0.15, -0.1) is 0 Å². The smallest absolute Gasteiger partial charge is 0.278 e. The van der Waals surface area contributed by atoms with Crippen LogP contribution in [-0.4, -0.2) is 33.1 Å². The van der Waals surface area contributed by atoms with E-state index in [9.17, 15) is 9.59 Å². The number of nitrogens with two attached hydrogens (primary N) is 1. The Morgan fingerprint density at radius 1 is 1.35 bits per heavy atom. The van der Waals surface area contributed by atoms with Crippen LogP contribution in [-0.2, 0) is 17.8 Å². The Morgan fingerprint density at radius 2 is 2.09 bits per heavy atom. The topological polar surface area (TPSA) is 103 Å². The van der Waals surface area contributed by atoms with Crippen LogP contribution >= 0.6 is 0 Å². The van der Waals surface area contributed by atoms with Crippen molar-refractivity contribution in [1.29, 1.82) is 0 Å². The normalized spacial score (nSPS) is 10.6. The highest BCUT2D eigenvalue weighted by Gasteiger charge is 2.17. The van der Waals surface area contributed by atoms with Crippen molar-refractivity contribution in [2.24, 2.45) is 5.73 Å². The first kappa shape index (κ1) is 16.8. The molecule has 0 aliphatic rings. The second-order valence-corrected chi connectivity index (χ2v) is 5.35. The molecule has 23 heavy (non-hydrogen) atoms. The van der Waals surface area contributed by atoms with Gasteiger partial charge in [0.25, 0.3) is 5.91 Å². The molecular weight excluding hydrogens is 294 g/mol. The lowest BCUT2D eigenvalue weighted by Crippen LogP contribution is -2.21. The van der Waals surface area contributed by atoms with Crippen molar-refractivity contribution in [2.75, 3.05) is 6.54 Å². The number of hydrogen-bond acceptors (Lipinski definition) is 5. The van der Waals surface area contributed by atoms with Gasteiger partial charge in [0.1, 0.15) is 0 Å². The van der Waals surface area contributed by atoms with Gasteiger partial charge in [-0.2, -0.15) is 5.10 Å². The van der Waals surface area contributed by atoms with E-state index in [4.69, 9.17) is 5.73 Å². The van der Waals surface area contributed by atoms with Crippen LogP contribution in [0.4, 0.5) is 0 Å². The first-order valence-corrected chi connectivity index (χ1v) is 7.43. The van der Waals surface area contributed by atoms with Gasteiger partial charge in [-0.3, -0.25) is 14.6 Å². The molecule has 0 spiro atoms. The number of rotatable bonds is 5. The van der Waals surface area contributed by atoms with E-state index in [1.807, 2.05) is 13.8 Å². The van der Waals surface area contributed by atoms with Crippen molar-refractivity contribution in [3.05, 3.63) is 46.5 Å². The molecule has 0 aliphatic carbocycles. The molecule has 0 fully saturated rings. The predicted molar refractivity (Wildman–Crippen MR) is 85.9 cm³/mol. The second-order valence-electron chi connectivity index (χ2n) is 5.35. The Morgan fingerprint density at radius 3 is 2.74 bits per heavy atom. The Balaban J connectivity index is 2.29. The van der Waals surface area contributed by atoms with E-state index < -0.39 is 0 Å². The summed E-state index contributed by atoms with van der Waals surface area (Å²) < 4.78 is 1.40. The summed E-state index contributed by atoms with van der Waals surface area (Å²) in [6, 6.07) is 3.30. The molecule has 7 heteroatoms. The predicted octanol–water partition coefficient (Wildman–Crippen LogP) is 0.721. The third-order valence-corrected chi connectivity index (χ3v) is 3.61. The fourth-order valence-corrected chi connectivity index (χ4v) is 2.42. The van der Waals surface area contributed by atoms with Crippen LogP contribution < -0.4 is 11.1 Å². The molecule has 0 aromatic carbocycles. The maximum Gasteiger partial charge on any atom is 0.278 e. The number of carbonyl (C=O) groups excluding carboxylic acids is 2. The first-order chi connectivity index (χ1) is 10.9. The lowest BCUT2D eigenvalue weighted by Gasteiger charge is -2.06. The standard InChI is InChI=1S/C16H21N5O2/c1-10-15(4-6-17)11(2)21(20-10)16(23)13-5-7-18-14(8-13)9-19-12(3)22/h5,7-8H,4,6,9,17H2,1-3H3,(H,19,22). The van der Waals surface area contributed by atoms with Crippen molar-refractivity contribution < 1.29 is 9.59 Å². The van der Waals surface area contributed by atoms with Gasteiger partial charge >= 0.3 is 0 Å². The highest BCUT2D eigenvalue weighted by Crippen LogP contribution is 2.15. The maximum absolute atomic E-state index is 12.7. The molecule has 7 nitrogen and oxygen atoms in total. The van der Waals surface area contributed by atoms with Crippen LogP contribution in [0.3, 0.4) is 0 Å². The first-order valence-electron chi connectivity index (χ1n) is 7.43. The van der Waals surface area contributed by atoms with Crippen molar-refractivity contribution >= 4 is 11.8 Å². The summed E-state index contributed by atoms with van der Waals surface area (Å²) >= 11 is 0. The van der Waals surface area contributed by atoms with Crippen LogP contribution in [0, 0.1) is 13.8 Å². The number of nitrogens with zero attached hydrogens (tertiary/aromatic N) is 3. The third-order valence-electron chi connectivity index (χ3n) is 3.61. The van der Waals surface area contributed by atoms with Crippen LogP contribution in [0.15, 0.2) is 18.3 Å². The van der Waals surface area contributed by atoms with E-state index in [1.165, 1.54) is 11.6 Å². The monoisotopic (exact) mass is 315 g/mol. The largest absolute Gasteiger partial charge is 0.351 e. The van der Waals surface area contributed by atoms with E-state index in [-0.39, 0.29) is 18.4 Å². The van der Waals surface area contributed by atoms with Gasteiger partial charge in [0, 0.05) is 24.4 Å². The van der Waals surface area contributed by atoms with E-state index in [0.29, 0.717) is 24.2 Å². The van der Waals surface area contributed by atoms with Crippen molar-refractivity contribution in [2.45, 2.75) is 33.7 Å². The number of carbonyl (C=O) groups is 2. The van der Waals surface area contributed by atoms with Crippen molar-refractivity contribution in [3.8, 4) is 0 Å². The highest BCUT2D eigenvalue weighted by molar-refractivity contribution is 5.96. The van der Waals surface area contributed by atoms with Crippen LogP contribution in [0.25, 0.3) is 0 Å². The Kier molecular flexibility index (Phi) is 5.23.